The van der Waals surface area contributed by atoms with Crippen LogP contribution in [0.1, 0.15) is 10.4 Å². The van der Waals surface area contributed by atoms with Crippen molar-refractivity contribution in [2.45, 2.75) is 0 Å². The fourth-order valence-corrected chi connectivity index (χ4v) is 3.10. The van der Waals surface area contributed by atoms with E-state index in [2.05, 4.69) is 21.1 Å². The Morgan fingerprint density at radius 1 is 1.19 bits per heavy atom. The molecular weight excluding hydrogens is 350 g/mol. The van der Waals surface area contributed by atoms with Crippen LogP contribution in [-0.4, -0.2) is 11.7 Å². The Hall–Kier alpha value is -1.98. The lowest BCUT2D eigenvalue weighted by atomic mass is 10.1. The summed E-state index contributed by atoms with van der Waals surface area (Å²) in [6.45, 7) is 0. The van der Waals surface area contributed by atoms with Gasteiger partial charge in [0.15, 0.2) is 0 Å². The second-order valence-corrected chi connectivity index (χ2v) is 6.16. The Balaban J connectivity index is 1.92. The molecule has 5 heteroatoms. The Kier molecular flexibility index (Phi) is 4.13. The molecule has 0 unspecified atom stereocenters. The second-order valence-electron chi connectivity index (χ2n) is 4.29. The molecule has 0 amide bonds. The highest BCUT2D eigenvalue weighted by atomic mass is 79.9. The van der Waals surface area contributed by atoms with E-state index in [1.807, 2.05) is 53.9 Å². The third kappa shape index (κ3) is 3.20. The van der Waals surface area contributed by atoms with Gasteiger partial charge in [-0.1, -0.05) is 57.5 Å². The summed E-state index contributed by atoms with van der Waals surface area (Å²) in [5, 5.41) is 5.80. The molecule has 2 aromatic rings. The summed E-state index contributed by atoms with van der Waals surface area (Å²) in [6, 6.07) is 13.7. The smallest absolute Gasteiger partial charge is 0.312 e. The van der Waals surface area contributed by atoms with Crippen molar-refractivity contribution in [3.8, 4) is 0 Å². The van der Waals surface area contributed by atoms with Crippen molar-refractivity contribution in [1.29, 1.82) is 0 Å². The van der Waals surface area contributed by atoms with E-state index in [0.29, 0.717) is 11.3 Å². The first kappa shape index (κ1) is 14.0. The van der Waals surface area contributed by atoms with E-state index in [-0.39, 0.29) is 0 Å². The zero-order chi connectivity index (χ0) is 14.7. The molecule has 0 radical (unpaired) electrons. The number of halogens is 1. The van der Waals surface area contributed by atoms with Gasteiger partial charge in [-0.3, -0.25) is 0 Å². The first-order chi connectivity index (χ1) is 10.2. The molecule has 1 aromatic carbocycles. The topological polar surface area (TPSA) is 38.7 Å². The van der Waals surface area contributed by atoms with Crippen molar-refractivity contribution in [2.24, 2.45) is 5.16 Å². The van der Waals surface area contributed by atoms with Crippen molar-refractivity contribution in [1.82, 2.24) is 0 Å². The van der Waals surface area contributed by atoms with Crippen molar-refractivity contribution in [2.75, 3.05) is 0 Å². The molecule has 0 atom stereocenters. The van der Waals surface area contributed by atoms with Crippen LogP contribution in [0.5, 0.6) is 0 Å². The molecule has 0 bridgehead atoms. The van der Waals surface area contributed by atoms with Crippen LogP contribution in [0.2, 0.25) is 0 Å². The van der Waals surface area contributed by atoms with Crippen LogP contribution in [-0.2, 0) is 9.63 Å². The van der Waals surface area contributed by atoms with E-state index in [1.54, 1.807) is 6.08 Å². The molecule has 0 fully saturated rings. The van der Waals surface area contributed by atoms with E-state index in [4.69, 9.17) is 4.84 Å². The van der Waals surface area contributed by atoms with Gasteiger partial charge in [0, 0.05) is 4.48 Å². The maximum Gasteiger partial charge on any atom is 0.368 e. The van der Waals surface area contributed by atoms with Crippen molar-refractivity contribution >= 4 is 45.0 Å². The van der Waals surface area contributed by atoms with Gasteiger partial charge in [0.1, 0.15) is 5.71 Å². The molecule has 0 aliphatic carbocycles. The Labute approximate surface area is 134 Å². The summed E-state index contributed by atoms with van der Waals surface area (Å²) in [7, 11) is 0. The molecule has 21 heavy (non-hydrogen) atoms. The normalized spacial score (nSPS) is 17.0. The average Bonchev–Trinajstić information content (AvgIpc) is 3.11. The van der Waals surface area contributed by atoms with Crippen molar-refractivity contribution in [3.63, 3.8) is 0 Å². The van der Waals surface area contributed by atoms with Gasteiger partial charge in [-0.2, -0.15) is 0 Å². The van der Waals surface area contributed by atoms with E-state index in [9.17, 15) is 4.79 Å². The van der Waals surface area contributed by atoms with E-state index in [1.165, 1.54) is 11.3 Å². The van der Waals surface area contributed by atoms with Gasteiger partial charge in [-0.05, 0) is 29.2 Å². The number of allylic oxidation sites excluding steroid dienone is 2. The van der Waals surface area contributed by atoms with Crippen LogP contribution in [0.25, 0.3) is 6.08 Å². The number of benzene rings is 1. The maximum absolute atomic E-state index is 11.8. The largest absolute Gasteiger partial charge is 0.368 e. The molecule has 0 N–H and O–H groups in total. The number of thiophene rings is 1. The van der Waals surface area contributed by atoms with E-state index >= 15 is 0 Å². The Morgan fingerprint density at radius 2 is 2.00 bits per heavy atom. The number of nitrogens with zero attached hydrogens (tertiary/aromatic N) is 1. The molecule has 0 saturated carbocycles. The minimum atomic E-state index is -0.434. The molecule has 0 spiro atoms. The molecule has 1 aromatic heterocycles. The van der Waals surface area contributed by atoms with E-state index in [0.717, 1.165) is 14.9 Å². The van der Waals surface area contributed by atoms with Crippen LogP contribution in [0.15, 0.2) is 69.1 Å². The summed E-state index contributed by atoms with van der Waals surface area (Å²) < 4.78 is 0.784. The highest BCUT2D eigenvalue weighted by Crippen LogP contribution is 2.24. The predicted octanol–water partition coefficient (Wildman–Crippen LogP) is 4.37. The van der Waals surface area contributed by atoms with Gasteiger partial charge in [0.2, 0.25) is 0 Å². The van der Waals surface area contributed by atoms with Gasteiger partial charge in [0.25, 0.3) is 0 Å². The number of hydrogen-bond donors (Lipinski definition) is 0. The zero-order valence-corrected chi connectivity index (χ0v) is 13.2. The van der Waals surface area contributed by atoms with Crippen molar-refractivity contribution < 1.29 is 9.63 Å². The van der Waals surface area contributed by atoms with Gasteiger partial charge >= 0.3 is 5.97 Å². The summed E-state index contributed by atoms with van der Waals surface area (Å²) >= 11 is 4.99. The maximum atomic E-state index is 11.8. The van der Waals surface area contributed by atoms with Crippen LogP contribution in [0.4, 0.5) is 0 Å². The van der Waals surface area contributed by atoms with Gasteiger partial charge in [-0.15, -0.1) is 11.3 Å². The fraction of sp³-hybridized carbons (Fsp3) is 0. The number of oxime groups is 1. The minimum absolute atomic E-state index is 0.434. The summed E-state index contributed by atoms with van der Waals surface area (Å²) in [6.07, 6.45) is 3.67. The van der Waals surface area contributed by atoms with Gasteiger partial charge in [0.05, 0.1) is 10.5 Å². The third-order valence-corrected chi connectivity index (χ3v) is 4.17. The standard InChI is InChI=1S/C16H10BrNO2S/c17-12(9-11-5-2-1-3-6-11)10-13-15(18-20-16(13)19)14-7-4-8-21-14/h1-10H/b12-9-,13-10-. The highest BCUT2D eigenvalue weighted by Gasteiger charge is 2.27. The quantitative estimate of drug-likeness (QED) is 0.602. The highest BCUT2D eigenvalue weighted by molar-refractivity contribution is 9.12. The van der Waals surface area contributed by atoms with Gasteiger partial charge in [-0.25, -0.2) is 4.79 Å². The molecule has 104 valence electrons. The average molecular weight is 360 g/mol. The number of carbonyl (C=O) groups is 1. The lowest BCUT2D eigenvalue weighted by Crippen LogP contribution is -2.05. The number of carbonyl (C=O) groups excluding carboxylic acids is 1. The molecule has 0 saturated heterocycles. The van der Waals surface area contributed by atoms with Gasteiger partial charge < -0.3 is 4.84 Å². The lowest BCUT2D eigenvalue weighted by Gasteiger charge is -1.97. The molecule has 3 rings (SSSR count). The monoisotopic (exact) mass is 359 g/mol. The summed E-state index contributed by atoms with van der Waals surface area (Å²) in [5.74, 6) is -0.434. The third-order valence-electron chi connectivity index (χ3n) is 2.84. The molecular formula is C16H10BrNO2S. The number of hydrogen-bond acceptors (Lipinski definition) is 4. The fourth-order valence-electron chi connectivity index (χ4n) is 1.89. The second kappa shape index (κ2) is 6.20. The summed E-state index contributed by atoms with van der Waals surface area (Å²) in [4.78, 5) is 17.5. The van der Waals surface area contributed by atoms with Crippen LogP contribution < -0.4 is 0 Å². The molecule has 1 aliphatic rings. The minimum Gasteiger partial charge on any atom is -0.312 e. The van der Waals surface area contributed by atoms with E-state index < -0.39 is 5.97 Å². The Bertz CT molecular complexity index is 746. The van der Waals surface area contributed by atoms with Crippen LogP contribution in [0.3, 0.4) is 0 Å². The van der Waals surface area contributed by atoms with Crippen LogP contribution >= 0.6 is 27.3 Å². The molecule has 1 aliphatic heterocycles. The van der Waals surface area contributed by atoms with Crippen LogP contribution in [0, 0.1) is 0 Å². The molecule has 2 heterocycles. The summed E-state index contributed by atoms with van der Waals surface area (Å²) in [5.41, 5.74) is 2.08. The first-order valence-electron chi connectivity index (χ1n) is 6.21. The lowest BCUT2D eigenvalue weighted by molar-refractivity contribution is -0.136. The SMILES string of the molecule is O=C1ON=C(c2cccs2)/C1=C/C(Br)=C/c1ccccc1. The number of rotatable bonds is 3. The Morgan fingerprint density at radius 3 is 2.71 bits per heavy atom. The predicted molar refractivity (Wildman–Crippen MR) is 88.4 cm³/mol. The zero-order valence-electron chi connectivity index (χ0n) is 10.8. The molecule has 3 nitrogen and oxygen atoms in total. The first-order valence-corrected chi connectivity index (χ1v) is 7.89. The van der Waals surface area contributed by atoms with Crippen molar-refractivity contribution in [3.05, 3.63) is 74.4 Å².